The van der Waals surface area contributed by atoms with Gasteiger partial charge in [-0.25, -0.2) is 9.78 Å². The molecule has 9 nitrogen and oxygen atoms in total. The summed E-state index contributed by atoms with van der Waals surface area (Å²) in [6, 6.07) is 6.90. The third kappa shape index (κ3) is 5.62. The van der Waals surface area contributed by atoms with Gasteiger partial charge < -0.3 is 10.6 Å². The highest BCUT2D eigenvalue weighted by Crippen LogP contribution is 2.34. The third-order valence-corrected chi connectivity index (χ3v) is 5.88. The van der Waals surface area contributed by atoms with Crippen LogP contribution in [0.3, 0.4) is 0 Å². The summed E-state index contributed by atoms with van der Waals surface area (Å²) in [5.41, 5.74) is 1.14. The molecule has 4 heterocycles. The maximum Gasteiger partial charge on any atom is 0.325 e. The van der Waals surface area contributed by atoms with E-state index in [-0.39, 0.29) is 11.9 Å². The van der Waals surface area contributed by atoms with E-state index >= 15 is 0 Å². The van der Waals surface area contributed by atoms with Gasteiger partial charge >= 0.3 is 6.03 Å². The van der Waals surface area contributed by atoms with E-state index < -0.39 is 6.03 Å². The molecule has 0 radical (unpaired) electrons. The predicted molar refractivity (Wildman–Crippen MR) is 120 cm³/mol. The number of hydrogen-bond acceptors (Lipinski definition) is 7. The fourth-order valence-corrected chi connectivity index (χ4v) is 4.33. The number of hydrogen-bond donors (Lipinski definition) is 4. The number of thiophene rings is 1. The Bertz CT molecular complexity index is 1020. The van der Waals surface area contributed by atoms with Crippen LogP contribution < -0.4 is 21.3 Å². The van der Waals surface area contributed by atoms with Gasteiger partial charge in [0, 0.05) is 31.2 Å². The summed E-state index contributed by atoms with van der Waals surface area (Å²) in [6.07, 6.45) is 9.23. The monoisotopic (exact) mass is 437 g/mol. The number of anilines is 2. The lowest BCUT2D eigenvalue weighted by Gasteiger charge is -2.16. The topological polar surface area (TPSA) is 121 Å². The van der Waals surface area contributed by atoms with Crippen LogP contribution in [-0.4, -0.2) is 46.0 Å². The number of nitrogens with one attached hydrogen (secondary N) is 4. The second-order valence-electron chi connectivity index (χ2n) is 7.11. The second kappa shape index (κ2) is 10.1. The Kier molecular flexibility index (Phi) is 6.80. The zero-order valence-electron chi connectivity index (χ0n) is 16.8. The lowest BCUT2D eigenvalue weighted by molar-refractivity contribution is 0.0937. The maximum atomic E-state index is 13.1. The van der Waals surface area contributed by atoms with Crippen molar-refractivity contribution < 1.29 is 9.59 Å². The number of amides is 3. The van der Waals surface area contributed by atoms with Crippen molar-refractivity contribution >= 4 is 34.1 Å². The van der Waals surface area contributed by atoms with Gasteiger partial charge in [-0.15, -0.1) is 11.3 Å². The maximum absolute atomic E-state index is 13.1. The number of urea groups is 1. The van der Waals surface area contributed by atoms with Crippen LogP contribution in [0.1, 0.15) is 29.6 Å². The predicted octanol–water partition coefficient (Wildman–Crippen LogP) is 3.12. The van der Waals surface area contributed by atoms with Gasteiger partial charge in [-0.05, 0) is 37.6 Å². The smallest absolute Gasteiger partial charge is 0.325 e. The number of rotatable bonds is 5. The van der Waals surface area contributed by atoms with E-state index in [9.17, 15) is 9.59 Å². The van der Waals surface area contributed by atoms with Crippen molar-refractivity contribution in [2.24, 2.45) is 0 Å². The number of nitrogens with zero attached hydrogens (tertiary/aromatic N) is 3. The van der Waals surface area contributed by atoms with Crippen LogP contribution in [0.4, 0.5) is 15.6 Å². The van der Waals surface area contributed by atoms with E-state index in [0.29, 0.717) is 16.4 Å². The Morgan fingerprint density at radius 2 is 2.03 bits per heavy atom. The van der Waals surface area contributed by atoms with E-state index in [1.54, 1.807) is 12.3 Å². The van der Waals surface area contributed by atoms with E-state index in [4.69, 9.17) is 0 Å². The molecule has 0 spiro atoms. The molecule has 31 heavy (non-hydrogen) atoms. The summed E-state index contributed by atoms with van der Waals surface area (Å²) < 4.78 is 0. The molecule has 1 atom stereocenters. The molecule has 4 N–H and O–H groups in total. The van der Waals surface area contributed by atoms with Crippen molar-refractivity contribution in [3.8, 4) is 10.6 Å². The first kappa shape index (κ1) is 20.9. The standard InChI is InChI=1S/C21H23N7O2S/c29-19(26-14-5-1-3-7-22-12-14)15-11-17(16-6-2-4-8-24-16)31-20(15)28-21(30)27-18-13-23-9-10-25-18/h2,4,6,8-11,13-14,22H,1,3,5,7,12H2,(H,26,29)(H2,25,27,28,30)/t14-/m0/s1. The molecule has 1 saturated heterocycles. The van der Waals surface area contributed by atoms with Crippen LogP contribution in [-0.2, 0) is 0 Å². The minimum atomic E-state index is -0.500. The Labute approximate surface area is 183 Å². The highest BCUT2D eigenvalue weighted by Gasteiger charge is 2.22. The lowest BCUT2D eigenvalue weighted by atomic mass is 10.1. The van der Waals surface area contributed by atoms with E-state index in [1.807, 2.05) is 18.2 Å². The number of carbonyl (C=O) groups excluding carboxylic acids is 2. The first-order valence-corrected chi connectivity index (χ1v) is 10.9. The van der Waals surface area contributed by atoms with E-state index in [2.05, 4.69) is 36.2 Å². The van der Waals surface area contributed by atoms with Crippen molar-refractivity contribution in [3.63, 3.8) is 0 Å². The van der Waals surface area contributed by atoms with E-state index in [0.717, 1.165) is 42.9 Å². The van der Waals surface area contributed by atoms with Crippen LogP contribution in [0.15, 0.2) is 49.1 Å². The normalized spacial score (nSPS) is 16.2. The zero-order valence-corrected chi connectivity index (χ0v) is 17.6. The van der Waals surface area contributed by atoms with Crippen molar-refractivity contribution in [2.75, 3.05) is 23.7 Å². The fraction of sp³-hybridized carbons (Fsp3) is 0.286. The largest absolute Gasteiger partial charge is 0.348 e. The molecule has 3 aromatic rings. The van der Waals surface area contributed by atoms with Gasteiger partial charge in [-0.1, -0.05) is 12.5 Å². The quantitative estimate of drug-likeness (QED) is 0.487. The summed E-state index contributed by atoms with van der Waals surface area (Å²) in [5.74, 6) is 0.0963. The van der Waals surface area contributed by atoms with E-state index in [1.165, 1.54) is 29.9 Å². The average molecular weight is 438 g/mol. The zero-order chi connectivity index (χ0) is 21.5. The Morgan fingerprint density at radius 1 is 1.10 bits per heavy atom. The number of aromatic nitrogens is 3. The van der Waals surface area contributed by atoms with Crippen molar-refractivity contribution in [1.29, 1.82) is 0 Å². The lowest BCUT2D eigenvalue weighted by Crippen LogP contribution is -2.41. The Morgan fingerprint density at radius 3 is 2.84 bits per heavy atom. The van der Waals surface area contributed by atoms with Crippen LogP contribution in [0.25, 0.3) is 10.6 Å². The van der Waals surface area contributed by atoms with Crippen molar-refractivity contribution in [2.45, 2.75) is 25.3 Å². The van der Waals surface area contributed by atoms with Gasteiger partial charge in [0.1, 0.15) is 5.00 Å². The Balaban J connectivity index is 1.55. The summed E-state index contributed by atoms with van der Waals surface area (Å²) in [7, 11) is 0. The molecule has 1 aliphatic heterocycles. The summed E-state index contributed by atoms with van der Waals surface area (Å²) in [6.45, 7) is 1.70. The van der Waals surface area contributed by atoms with Crippen LogP contribution in [0.2, 0.25) is 0 Å². The molecule has 3 aromatic heterocycles. The van der Waals surface area contributed by atoms with Gasteiger partial charge in [-0.3, -0.25) is 25.4 Å². The molecule has 1 fully saturated rings. The fourth-order valence-electron chi connectivity index (χ4n) is 3.31. The molecule has 0 aliphatic carbocycles. The second-order valence-corrected chi connectivity index (χ2v) is 8.16. The summed E-state index contributed by atoms with van der Waals surface area (Å²) in [4.78, 5) is 38.7. The molecule has 10 heteroatoms. The van der Waals surface area contributed by atoms with Gasteiger partial charge in [0.2, 0.25) is 0 Å². The molecule has 4 rings (SSSR count). The van der Waals surface area contributed by atoms with Gasteiger partial charge in [0.15, 0.2) is 5.82 Å². The van der Waals surface area contributed by atoms with Crippen molar-refractivity contribution in [1.82, 2.24) is 25.6 Å². The van der Waals surface area contributed by atoms with Gasteiger partial charge in [0.25, 0.3) is 5.91 Å². The van der Waals surface area contributed by atoms with Gasteiger partial charge in [-0.2, -0.15) is 0 Å². The van der Waals surface area contributed by atoms with Crippen LogP contribution in [0.5, 0.6) is 0 Å². The molecular formula is C21H23N7O2S. The SMILES string of the molecule is O=C(Nc1cnccn1)Nc1sc(-c2ccccn2)cc1C(=O)N[C@H]1CCCCNC1. The number of pyridine rings is 1. The minimum Gasteiger partial charge on any atom is -0.348 e. The van der Waals surface area contributed by atoms with Crippen molar-refractivity contribution in [3.05, 3.63) is 54.6 Å². The Hall–Kier alpha value is -3.37. The third-order valence-electron chi connectivity index (χ3n) is 4.81. The molecule has 0 bridgehead atoms. The summed E-state index contributed by atoms with van der Waals surface area (Å²) in [5, 5.41) is 12.3. The minimum absolute atomic E-state index is 0.0504. The molecule has 1 aliphatic rings. The molecular weight excluding hydrogens is 414 g/mol. The molecule has 3 amide bonds. The molecule has 160 valence electrons. The molecule has 0 saturated carbocycles. The molecule has 0 aromatic carbocycles. The van der Waals surface area contributed by atoms with Crippen LogP contribution in [0, 0.1) is 0 Å². The first-order chi connectivity index (χ1) is 15.2. The first-order valence-electron chi connectivity index (χ1n) is 10.1. The summed E-state index contributed by atoms with van der Waals surface area (Å²) >= 11 is 1.30. The van der Waals surface area contributed by atoms with Crippen LogP contribution >= 0.6 is 11.3 Å². The molecule has 0 unspecified atom stereocenters. The highest BCUT2D eigenvalue weighted by atomic mass is 32.1. The number of carbonyl (C=O) groups is 2. The van der Waals surface area contributed by atoms with Gasteiger partial charge in [0.05, 0.1) is 22.3 Å². The average Bonchev–Trinajstić information content (AvgIpc) is 3.03. The highest BCUT2D eigenvalue weighted by molar-refractivity contribution is 7.20.